The van der Waals surface area contributed by atoms with E-state index in [1.807, 2.05) is 6.08 Å². The largest absolute Gasteiger partial charge is 0.458 e. The first-order chi connectivity index (χ1) is 21.8. The molecular weight excluding hydrogens is 584 g/mol. The smallest absolute Gasteiger partial charge is 0.330 e. The molecule has 240 valence electrons. The molecule has 9 atom stereocenters. The van der Waals surface area contributed by atoms with Crippen molar-refractivity contribution in [2.75, 3.05) is 6.61 Å². The Morgan fingerprint density at radius 2 is 1.80 bits per heavy atom. The van der Waals surface area contributed by atoms with E-state index in [1.165, 1.54) is 10.5 Å². The SMILES string of the molecule is C=C1CC2C/C=C\C(=O)OC3C(C)C(C/C=C/c4cccc(c4)C4OCCC(CC(C1)O2)O4)OC(/C(C)=C/c1cccs1)C3C. The molecule has 7 heteroatoms. The highest BCUT2D eigenvalue weighted by Gasteiger charge is 2.43. The number of thiophene rings is 1. The Balaban J connectivity index is 1.28. The van der Waals surface area contributed by atoms with E-state index in [0.29, 0.717) is 19.4 Å². The van der Waals surface area contributed by atoms with Crippen molar-refractivity contribution in [3.05, 3.63) is 93.7 Å². The summed E-state index contributed by atoms with van der Waals surface area (Å²) in [6.07, 6.45) is 13.6. The van der Waals surface area contributed by atoms with Crippen LogP contribution in [0.15, 0.2) is 77.7 Å². The lowest BCUT2D eigenvalue weighted by atomic mass is 9.79. The zero-order valence-corrected chi connectivity index (χ0v) is 27.5. The van der Waals surface area contributed by atoms with Crippen molar-refractivity contribution in [1.29, 1.82) is 0 Å². The standard InChI is InChI=1S/C38H46O6S/c1-24-19-30-12-7-15-35(39)44-37-26(3)34(43-36(27(37)4)25(2)21-33-13-8-18-45-33)14-6-10-28-9-5-11-29(22-28)38-40-17-16-31(42-38)23-32(20-24)41-30/h5-11,13,15,18,21-22,26-27,30-32,34,36-38H,1,12,14,16-17,19-20,23H2,2-4H3/b10-6+,15-7-,25-21+. The van der Waals surface area contributed by atoms with Crippen LogP contribution in [0.5, 0.6) is 0 Å². The normalized spacial score (nSPS) is 36.3. The van der Waals surface area contributed by atoms with Gasteiger partial charge in [0.05, 0.1) is 37.1 Å². The molecule has 0 amide bonds. The van der Waals surface area contributed by atoms with Gasteiger partial charge in [-0.1, -0.05) is 68.5 Å². The van der Waals surface area contributed by atoms with Crippen LogP contribution in [0, 0.1) is 11.8 Å². The molecular formula is C38H46O6S. The maximum absolute atomic E-state index is 13.2. The molecule has 8 bridgehead atoms. The van der Waals surface area contributed by atoms with Crippen molar-refractivity contribution in [2.24, 2.45) is 11.8 Å². The van der Waals surface area contributed by atoms with Crippen molar-refractivity contribution < 1.29 is 28.5 Å². The van der Waals surface area contributed by atoms with E-state index >= 15 is 0 Å². The van der Waals surface area contributed by atoms with Crippen molar-refractivity contribution in [2.45, 2.75) is 102 Å². The third kappa shape index (κ3) is 8.13. The van der Waals surface area contributed by atoms with Crippen LogP contribution in [-0.2, 0) is 28.5 Å². The number of esters is 1. The molecule has 0 saturated carbocycles. The van der Waals surface area contributed by atoms with E-state index in [4.69, 9.17) is 23.7 Å². The van der Waals surface area contributed by atoms with Crippen molar-refractivity contribution >= 4 is 29.5 Å². The van der Waals surface area contributed by atoms with Crippen molar-refractivity contribution in [1.82, 2.24) is 0 Å². The van der Waals surface area contributed by atoms with Crippen molar-refractivity contribution in [3.63, 3.8) is 0 Å². The number of fused-ring (bicyclic) bond motifs is 9. The number of ether oxygens (including phenoxy) is 5. The number of hydrogen-bond donors (Lipinski definition) is 0. The molecule has 5 heterocycles. The zero-order chi connectivity index (χ0) is 31.3. The number of hydrogen-bond acceptors (Lipinski definition) is 7. The second kappa shape index (κ2) is 14.7. The molecule has 1 aromatic heterocycles. The van der Waals surface area contributed by atoms with Gasteiger partial charge in [0.15, 0.2) is 6.29 Å². The summed E-state index contributed by atoms with van der Waals surface area (Å²) >= 11 is 1.70. The summed E-state index contributed by atoms with van der Waals surface area (Å²) in [6.45, 7) is 11.3. The zero-order valence-electron chi connectivity index (χ0n) is 26.6. The topological polar surface area (TPSA) is 63.2 Å². The van der Waals surface area contributed by atoms with E-state index in [9.17, 15) is 4.79 Å². The van der Waals surface area contributed by atoms with E-state index in [-0.39, 0.29) is 54.4 Å². The predicted molar refractivity (Wildman–Crippen MR) is 179 cm³/mol. The van der Waals surface area contributed by atoms with Gasteiger partial charge in [-0.15, -0.1) is 11.3 Å². The van der Waals surface area contributed by atoms with Gasteiger partial charge in [-0.05, 0) is 73.8 Å². The summed E-state index contributed by atoms with van der Waals surface area (Å²) in [6, 6.07) is 12.5. The lowest BCUT2D eigenvalue weighted by Crippen LogP contribution is -2.50. The van der Waals surface area contributed by atoms with E-state index in [1.54, 1.807) is 17.4 Å². The molecule has 6 nitrogen and oxygen atoms in total. The molecule has 2 aromatic rings. The molecule has 0 aliphatic carbocycles. The number of benzene rings is 1. The average Bonchev–Trinajstić information content (AvgIpc) is 3.53. The molecule has 0 radical (unpaired) electrons. The number of carbonyl (C=O) groups is 1. The van der Waals surface area contributed by atoms with Crippen LogP contribution in [0.2, 0.25) is 0 Å². The Morgan fingerprint density at radius 3 is 2.64 bits per heavy atom. The molecule has 0 N–H and O–H groups in total. The first kappa shape index (κ1) is 32.1. The molecule has 45 heavy (non-hydrogen) atoms. The summed E-state index contributed by atoms with van der Waals surface area (Å²) in [5.41, 5.74) is 4.41. The highest BCUT2D eigenvalue weighted by Crippen LogP contribution is 2.38. The van der Waals surface area contributed by atoms with Gasteiger partial charge in [0.25, 0.3) is 0 Å². The van der Waals surface area contributed by atoms with Gasteiger partial charge >= 0.3 is 5.97 Å². The third-order valence-electron chi connectivity index (χ3n) is 9.52. The molecule has 4 aliphatic rings. The van der Waals surface area contributed by atoms with Crippen LogP contribution < -0.4 is 0 Å². The molecule has 3 fully saturated rings. The first-order valence-corrected chi connectivity index (χ1v) is 17.3. The summed E-state index contributed by atoms with van der Waals surface area (Å²) in [5, 5.41) is 2.08. The molecule has 6 rings (SSSR count). The van der Waals surface area contributed by atoms with Gasteiger partial charge in [0.2, 0.25) is 0 Å². The lowest BCUT2D eigenvalue weighted by Gasteiger charge is -2.44. The fourth-order valence-corrected chi connectivity index (χ4v) is 7.95. The second-order valence-corrected chi connectivity index (χ2v) is 14.1. The minimum absolute atomic E-state index is 0.00259. The predicted octanol–water partition coefficient (Wildman–Crippen LogP) is 8.46. The molecule has 0 spiro atoms. The molecule has 4 aliphatic heterocycles. The summed E-state index contributed by atoms with van der Waals surface area (Å²) in [4.78, 5) is 14.4. The lowest BCUT2D eigenvalue weighted by molar-refractivity contribution is -0.225. The number of rotatable bonds is 2. The highest BCUT2D eigenvalue weighted by atomic mass is 32.1. The van der Waals surface area contributed by atoms with Gasteiger partial charge in [-0.2, -0.15) is 0 Å². The van der Waals surface area contributed by atoms with E-state index < -0.39 is 6.29 Å². The fraction of sp³-hybridized carbons (Fsp3) is 0.500. The molecule has 3 saturated heterocycles. The first-order valence-electron chi connectivity index (χ1n) is 16.4. The van der Waals surface area contributed by atoms with Crippen LogP contribution in [-0.4, -0.2) is 49.2 Å². The highest BCUT2D eigenvalue weighted by molar-refractivity contribution is 7.10. The summed E-state index contributed by atoms with van der Waals surface area (Å²) in [5.74, 6) is -0.304. The van der Waals surface area contributed by atoms with E-state index in [0.717, 1.165) is 42.4 Å². The molecule has 1 aromatic carbocycles. The Kier molecular flexibility index (Phi) is 10.5. The minimum Gasteiger partial charge on any atom is -0.458 e. The second-order valence-electron chi connectivity index (χ2n) is 13.1. The Hall–Kier alpha value is -2.81. The van der Waals surface area contributed by atoms with Crippen molar-refractivity contribution in [3.8, 4) is 0 Å². The van der Waals surface area contributed by atoms with E-state index in [2.05, 4.69) is 87.4 Å². The van der Waals surface area contributed by atoms with Crippen LogP contribution >= 0.6 is 11.3 Å². The minimum atomic E-state index is -0.400. The molecule has 9 unspecified atom stereocenters. The summed E-state index contributed by atoms with van der Waals surface area (Å²) in [7, 11) is 0. The van der Waals surface area contributed by atoms with Crippen LogP contribution in [0.4, 0.5) is 0 Å². The Morgan fingerprint density at radius 1 is 0.956 bits per heavy atom. The van der Waals surface area contributed by atoms with Crippen LogP contribution in [0.3, 0.4) is 0 Å². The maximum Gasteiger partial charge on any atom is 0.330 e. The maximum atomic E-state index is 13.2. The van der Waals surface area contributed by atoms with Gasteiger partial charge in [-0.3, -0.25) is 0 Å². The number of carbonyl (C=O) groups excluding carboxylic acids is 1. The van der Waals surface area contributed by atoms with Gasteiger partial charge in [0, 0.05) is 34.8 Å². The summed E-state index contributed by atoms with van der Waals surface area (Å²) < 4.78 is 32.0. The van der Waals surface area contributed by atoms with Gasteiger partial charge in [-0.25, -0.2) is 4.79 Å². The van der Waals surface area contributed by atoms with Crippen LogP contribution in [0.25, 0.3) is 12.2 Å². The fourth-order valence-electron chi connectivity index (χ4n) is 7.23. The Bertz CT molecular complexity index is 1410. The van der Waals surface area contributed by atoms with Crippen LogP contribution in [0.1, 0.15) is 81.6 Å². The monoisotopic (exact) mass is 630 g/mol. The van der Waals surface area contributed by atoms with Gasteiger partial charge < -0.3 is 23.7 Å². The Labute approximate surface area is 271 Å². The average molecular weight is 631 g/mol. The van der Waals surface area contributed by atoms with Gasteiger partial charge in [0.1, 0.15) is 6.10 Å². The quantitative estimate of drug-likeness (QED) is 0.245. The third-order valence-corrected chi connectivity index (χ3v) is 10.3.